The fourth-order valence-electron chi connectivity index (χ4n) is 5.42. The molecule has 0 spiro atoms. The van der Waals surface area contributed by atoms with E-state index in [0.717, 1.165) is 36.1 Å². The van der Waals surface area contributed by atoms with Gasteiger partial charge in [-0.2, -0.15) is 0 Å². The third-order valence-corrected chi connectivity index (χ3v) is 8.01. The van der Waals surface area contributed by atoms with E-state index in [9.17, 15) is 9.59 Å². The fraction of sp³-hybridized carbons (Fsp3) is 0.536. The molecule has 1 fully saturated rings. The molecule has 0 radical (unpaired) electrons. The Kier molecular flexibility index (Phi) is 8.26. The number of nitrogens with one attached hydrogen (secondary N) is 1. The smallest absolute Gasteiger partial charge is 0.303 e. The third kappa shape index (κ3) is 6.31. The van der Waals surface area contributed by atoms with Crippen LogP contribution in [-0.4, -0.2) is 32.6 Å². The van der Waals surface area contributed by atoms with E-state index >= 15 is 0 Å². The highest BCUT2D eigenvalue weighted by Crippen LogP contribution is 2.37. The second kappa shape index (κ2) is 11.4. The number of carbonyl (C=O) groups excluding carboxylic acids is 1. The highest BCUT2D eigenvalue weighted by Gasteiger charge is 2.27. The molecule has 0 saturated heterocycles. The van der Waals surface area contributed by atoms with Gasteiger partial charge in [0, 0.05) is 35.4 Å². The minimum absolute atomic E-state index is 0.0484. The Labute approximate surface area is 211 Å². The zero-order valence-electron chi connectivity index (χ0n) is 21.0. The molecule has 3 aromatic rings. The van der Waals surface area contributed by atoms with Crippen molar-refractivity contribution in [3.63, 3.8) is 0 Å². The number of hydrogen-bond acceptors (Lipinski definition) is 4. The maximum Gasteiger partial charge on any atom is 0.303 e. The Morgan fingerprint density at radius 3 is 2.71 bits per heavy atom. The highest BCUT2D eigenvalue weighted by atomic mass is 32.1. The van der Waals surface area contributed by atoms with Crippen LogP contribution in [-0.2, 0) is 11.2 Å². The zero-order chi connectivity index (χ0) is 24.9. The summed E-state index contributed by atoms with van der Waals surface area (Å²) in [6, 6.07) is 10.3. The number of amides is 1. The molecule has 1 aromatic carbocycles. The molecule has 0 aliphatic heterocycles. The maximum atomic E-state index is 13.1. The number of hydrogen-bond donors (Lipinski definition) is 2. The van der Waals surface area contributed by atoms with E-state index in [-0.39, 0.29) is 18.4 Å². The number of fused-ring (bicyclic) bond motifs is 1. The van der Waals surface area contributed by atoms with Crippen molar-refractivity contribution >= 4 is 34.2 Å². The van der Waals surface area contributed by atoms with Gasteiger partial charge in [0.2, 0.25) is 0 Å². The van der Waals surface area contributed by atoms with Crippen LogP contribution in [0.25, 0.3) is 11.0 Å². The summed E-state index contributed by atoms with van der Waals surface area (Å²) in [5.41, 5.74) is 2.52. The van der Waals surface area contributed by atoms with Crippen LogP contribution < -0.4 is 5.32 Å². The summed E-state index contributed by atoms with van der Waals surface area (Å²) in [5.74, 6) is 1.03. The predicted octanol–water partition coefficient (Wildman–Crippen LogP) is 6.45. The minimum Gasteiger partial charge on any atom is -0.481 e. The van der Waals surface area contributed by atoms with Crippen LogP contribution in [0.1, 0.15) is 92.8 Å². The Morgan fingerprint density at radius 1 is 1.23 bits per heavy atom. The van der Waals surface area contributed by atoms with Crippen LogP contribution in [0.4, 0.5) is 0 Å². The van der Waals surface area contributed by atoms with Crippen molar-refractivity contribution in [2.45, 2.75) is 84.2 Å². The van der Waals surface area contributed by atoms with Gasteiger partial charge in [0.25, 0.3) is 5.91 Å². The molecule has 35 heavy (non-hydrogen) atoms. The number of carboxylic acid groups (broad SMARTS) is 1. The van der Waals surface area contributed by atoms with Crippen LogP contribution in [0.15, 0.2) is 35.7 Å². The lowest BCUT2D eigenvalue weighted by atomic mass is 9.85. The summed E-state index contributed by atoms with van der Waals surface area (Å²) in [7, 11) is 0. The fourth-order valence-corrected chi connectivity index (χ4v) is 6.12. The average Bonchev–Trinajstić information content (AvgIpc) is 3.44. The molecule has 2 N–H and O–H groups in total. The molecule has 0 bridgehead atoms. The molecule has 1 saturated carbocycles. The molecule has 2 heterocycles. The minimum atomic E-state index is -0.838. The van der Waals surface area contributed by atoms with Gasteiger partial charge in [0.1, 0.15) is 5.82 Å². The molecule has 188 valence electrons. The Balaban J connectivity index is 1.63. The van der Waals surface area contributed by atoms with E-state index in [1.807, 2.05) is 18.2 Å². The number of aromatic nitrogens is 2. The van der Waals surface area contributed by atoms with Crippen molar-refractivity contribution in [3.8, 4) is 0 Å². The normalized spacial score (nSPS) is 19.2. The number of rotatable bonds is 10. The van der Waals surface area contributed by atoms with Crippen LogP contribution in [0, 0.1) is 11.8 Å². The van der Waals surface area contributed by atoms with Crippen molar-refractivity contribution in [1.29, 1.82) is 0 Å². The van der Waals surface area contributed by atoms with E-state index in [4.69, 9.17) is 10.1 Å². The van der Waals surface area contributed by atoms with Crippen molar-refractivity contribution in [3.05, 3.63) is 52.0 Å². The van der Waals surface area contributed by atoms with Gasteiger partial charge >= 0.3 is 5.97 Å². The molecule has 3 atom stereocenters. The summed E-state index contributed by atoms with van der Waals surface area (Å²) < 4.78 is 2.44. The number of carboxylic acids is 1. The molecule has 2 aromatic heterocycles. The predicted molar refractivity (Wildman–Crippen MR) is 141 cm³/mol. The van der Waals surface area contributed by atoms with Crippen molar-refractivity contribution in [1.82, 2.24) is 14.9 Å². The first-order valence-corrected chi connectivity index (χ1v) is 13.8. The molecule has 1 aliphatic rings. The van der Waals surface area contributed by atoms with E-state index in [1.54, 1.807) is 11.3 Å². The quantitative estimate of drug-likeness (QED) is 0.338. The van der Waals surface area contributed by atoms with E-state index < -0.39 is 5.97 Å². The van der Waals surface area contributed by atoms with Crippen LogP contribution >= 0.6 is 11.3 Å². The van der Waals surface area contributed by atoms with Crippen molar-refractivity contribution in [2.24, 2.45) is 11.8 Å². The number of nitrogens with zero attached hydrogens (tertiary/aromatic N) is 2. The molecule has 1 unspecified atom stereocenters. The number of thiophene rings is 1. The first-order valence-electron chi connectivity index (χ1n) is 12.9. The lowest BCUT2D eigenvalue weighted by molar-refractivity contribution is -0.137. The average molecular weight is 496 g/mol. The monoisotopic (exact) mass is 495 g/mol. The largest absolute Gasteiger partial charge is 0.481 e. The number of imidazole rings is 1. The van der Waals surface area contributed by atoms with Gasteiger partial charge in [-0.3, -0.25) is 9.59 Å². The van der Waals surface area contributed by atoms with Gasteiger partial charge in [0.05, 0.1) is 11.0 Å². The summed E-state index contributed by atoms with van der Waals surface area (Å²) in [4.78, 5) is 30.5. The first-order chi connectivity index (χ1) is 16.8. The van der Waals surface area contributed by atoms with Gasteiger partial charge in [0.15, 0.2) is 0 Å². The van der Waals surface area contributed by atoms with E-state index in [2.05, 4.69) is 48.2 Å². The van der Waals surface area contributed by atoms with Crippen LogP contribution in [0.2, 0.25) is 0 Å². The standard InChI is InChI=1S/C28H37N3O3S/c1-18(2)15-21(11-13-27(32)33)29-28(34)20-10-12-25-23(16-20)30-26(17-22-8-6-14-35-22)31(25)24-9-5-4-7-19(24)3/h6,8,10,12,14,16,18-19,21,24H,4-5,7,9,11,13,15,17H2,1-3H3,(H,29,34)(H,32,33)/t19-,21-,24?/m1/s1. The molecule has 4 rings (SSSR count). The summed E-state index contributed by atoms with van der Waals surface area (Å²) >= 11 is 1.75. The van der Waals surface area contributed by atoms with Gasteiger partial charge in [-0.1, -0.05) is 39.7 Å². The molecule has 1 aliphatic carbocycles. The van der Waals surface area contributed by atoms with Crippen LogP contribution in [0.3, 0.4) is 0 Å². The zero-order valence-corrected chi connectivity index (χ0v) is 21.8. The number of carbonyl (C=O) groups is 2. The van der Waals surface area contributed by atoms with Crippen molar-refractivity contribution < 1.29 is 14.7 Å². The lowest BCUT2D eigenvalue weighted by Crippen LogP contribution is -2.36. The first kappa shape index (κ1) is 25.4. The van der Waals surface area contributed by atoms with Crippen LogP contribution in [0.5, 0.6) is 0 Å². The van der Waals surface area contributed by atoms with Gasteiger partial charge in [-0.05, 0) is 67.2 Å². The van der Waals surface area contributed by atoms with Crippen molar-refractivity contribution in [2.75, 3.05) is 0 Å². The van der Waals surface area contributed by atoms with Gasteiger partial charge < -0.3 is 15.0 Å². The van der Waals surface area contributed by atoms with E-state index in [0.29, 0.717) is 29.9 Å². The third-order valence-electron chi connectivity index (χ3n) is 7.13. The number of benzene rings is 1. The van der Waals surface area contributed by atoms with E-state index in [1.165, 1.54) is 24.1 Å². The SMILES string of the molecule is CC(C)C[C@@H](CCC(=O)O)NC(=O)c1ccc2c(c1)nc(Cc1cccs1)n2C1CCCC[C@H]1C. The summed E-state index contributed by atoms with van der Waals surface area (Å²) in [5, 5.41) is 14.3. The lowest BCUT2D eigenvalue weighted by Gasteiger charge is -2.31. The molecule has 7 heteroatoms. The second-order valence-electron chi connectivity index (χ2n) is 10.4. The Morgan fingerprint density at radius 2 is 2.03 bits per heavy atom. The Hall–Kier alpha value is -2.67. The van der Waals surface area contributed by atoms with Gasteiger partial charge in [-0.15, -0.1) is 11.3 Å². The Bertz CT molecular complexity index is 1150. The summed E-state index contributed by atoms with van der Waals surface area (Å²) in [6.45, 7) is 6.51. The molecule has 1 amide bonds. The maximum absolute atomic E-state index is 13.1. The van der Waals surface area contributed by atoms with Gasteiger partial charge in [-0.25, -0.2) is 4.98 Å². The summed E-state index contributed by atoms with van der Waals surface area (Å²) in [6.07, 6.45) is 6.94. The highest BCUT2D eigenvalue weighted by molar-refractivity contribution is 7.09. The second-order valence-corrected chi connectivity index (χ2v) is 11.5. The molecule has 6 nitrogen and oxygen atoms in total. The number of aliphatic carboxylic acids is 1. The molecular formula is C28H37N3O3S. The molecular weight excluding hydrogens is 458 g/mol. The topological polar surface area (TPSA) is 84.2 Å².